The van der Waals surface area contributed by atoms with E-state index in [9.17, 15) is 19.7 Å². The van der Waals surface area contributed by atoms with Gasteiger partial charge in [0, 0.05) is 35.6 Å². The molecular formula is C16H19ClN4O4. The minimum Gasteiger partial charge on any atom is -0.352 e. The first-order valence-electron chi connectivity index (χ1n) is 7.85. The van der Waals surface area contributed by atoms with Gasteiger partial charge in [-0.05, 0) is 37.9 Å². The van der Waals surface area contributed by atoms with Crippen LogP contribution in [0.3, 0.4) is 0 Å². The minimum atomic E-state index is -0.528. The number of carbonyl (C=O) groups is 1. The Bertz CT molecular complexity index is 846. The Balaban J connectivity index is 0.00000225. The molecule has 1 unspecified atom stereocenters. The van der Waals surface area contributed by atoms with Crippen LogP contribution in [0.1, 0.15) is 23.2 Å². The lowest BCUT2D eigenvalue weighted by atomic mass is 10.0. The molecule has 1 aliphatic rings. The maximum absolute atomic E-state index is 12.4. The first-order chi connectivity index (χ1) is 11.5. The Labute approximate surface area is 149 Å². The molecule has 9 heteroatoms. The molecule has 3 rings (SSSR count). The Morgan fingerprint density at radius 3 is 2.84 bits per heavy atom. The number of aromatic amines is 1. The third-order valence-electron chi connectivity index (χ3n) is 4.28. The fourth-order valence-electron chi connectivity index (χ4n) is 2.99. The number of non-ortho nitro benzene ring substituents is 1. The minimum absolute atomic E-state index is 0. The van der Waals surface area contributed by atoms with Crippen LogP contribution in [0.25, 0.3) is 10.9 Å². The van der Waals surface area contributed by atoms with E-state index in [2.05, 4.69) is 15.6 Å². The normalized spacial score (nSPS) is 16.4. The second-order valence-electron chi connectivity index (χ2n) is 5.94. The van der Waals surface area contributed by atoms with Gasteiger partial charge in [-0.3, -0.25) is 19.7 Å². The van der Waals surface area contributed by atoms with Crippen molar-refractivity contribution in [2.24, 2.45) is 5.92 Å². The standard InChI is InChI=1S/C16H18N4O4.ClH/c21-15-8-13(16(22)18-6-4-10-3-5-17-9-10)12-7-11(20(23)24)1-2-14(12)19-15;/h1-2,7-8,10,17H,3-6,9H2,(H,18,22)(H,19,21);1H. The number of amides is 1. The molecule has 8 nitrogen and oxygen atoms in total. The second-order valence-corrected chi connectivity index (χ2v) is 5.94. The predicted octanol–water partition coefficient (Wildman–Crippen LogP) is 1.59. The second kappa shape index (κ2) is 8.09. The van der Waals surface area contributed by atoms with E-state index in [0.717, 1.165) is 25.9 Å². The lowest BCUT2D eigenvalue weighted by molar-refractivity contribution is -0.384. The van der Waals surface area contributed by atoms with E-state index in [1.165, 1.54) is 24.3 Å². The van der Waals surface area contributed by atoms with Gasteiger partial charge in [-0.1, -0.05) is 0 Å². The summed E-state index contributed by atoms with van der Waals surface area (Å²) in [5.74, 6) is 0.153. The van der Waals surface area contributed by atoms with Gasteiger partial charge in [0.25, 0.3) is 11.6 Å². The number of H-pyrrole nitrogens is 1. The average Bonchev–Trinajstić information content (AvgIpc) is 3.06. The number of nitro groups is 1. The number of aromatic nitrogens is 1. The molecule has 0 radical (unpaired) electrons. The van der Waals surface area contributed by atoms with Gasteiger partial charge in [0.1, 0.15) is 0 Å². The number of pyridine rings is 1. The van der Waals surface area contributed by atoms with Crippen molar-refractivity contribution in [1.82, 2.24) is 15.6 Å². The summed E-state index contributed by atoms with van der Waals surface area (Å²) in [7, 11) is 0. The summed E-state index contributed by atoms with van der Waals surface area (Å²) >= 11 is 0. The predicted molar refractivity (Wildman–Crippen MR) is 96.4 cm³/mol. The van der Waals surface area contributed by atoms with E-state index < -0.39 is 16.4 Å². The van der Waals surface area contributed by atoms with Crippen molar-refractivity contribution in [2.75, 3.05) is 19.6 Å². The molecule has 25 heavy (non-hydrogen) atoms. The van der Waals surface area contributed by atoms with Gasteiger partial charge in [0.15, 0.2) is 0 Å². The molecule has 1 aromatic heterocycles. The van der Waals surface area contributed by atoms with E-state index in [-0.39, 0.29) is 23.7 Å². The fraction of sp³-hybridized carbons (Fsp3) is 0.375. The lowest BCUT2D eigenvalue weighted by Gasteiger charge is -2.10. The summed E-state index contributed by atoms with van der Waals surface area (Å²) in [4.78, 5) is 37.1. The number of hydrogen-bond donors (Lipinski definition) is 3. The molecule has 0 spiro atoms. The number of nitrogens with zero attached hydrogens (tertiary/aromatic N) is 1. The molecule has 1 saturated heterocycles. The summed E-state index contributed by atoms with van der Waals surface area (Å²) in [5.41, 5.74) is 0.0161. The Hall–Kier alpha value is -2.45. The highest BCUT2D eigenvalue weighted by molar-refractivity contribution is 6.06. The molecule has 1 fully saturated rings. The van der Waals surface area contributed by atoms with Crippen molar-refractivity contribution in [2.45, 2.75) is 12.8 Å². The van der Waals surface area contributed by atoms with Gasteiger partial charge >= 0.3 is 0 Å². The van der Waals surface area contributed by atoms with Crippen LogP contribution in [0.15, 0.2) is 29.1 Å². The van der Waals surface area contributed by atoms with Crippen molar-refractivity contribution in [3.8, 4) is 0 Å². The van der Waals surface area contributed by atoms with E-state index in [0.29, 0.717) is 23.4 Å². The van der Waals surface area contributed by atoms with Gasteiger partial charge < -0.3 is 15.6 Å². The molecule has 0 aliphatic carbocycles. The highest BCUT2D eigenvalue weighted by Gasteiger charge is 2.17. The number of nitrogens with one attached hydrogen (secondary N) is 3. The van der Waals surface area contributed by atoms with Crippen LogP contribution in [0.4, 0.5) is 5.69 Å². The highest BCUT2D eigenvalue weighted by Crippen LogP contribution is 2.21. The number of halogens is 1. The molecular weight excluding hydrogens is 348 g/mol. The molecule has 1 atom stereocenters. The molecule has 2 heterocycles. The van der Waals surface area contributed by atoms with Crippen LogP contribution in [0.2, 0.25) is 0 Å². The smallest absolute Gasteiger partial charge is 0.270 e. The van der Waals surface area contributed by atoms with Crippen molar-refractivity contribution < 1.29 is 9.72 Å². The number of fused-ring (bicyclic) bond motifs is 1. The first-order valence-corrected chi connectivity index (χ1v) is 7.85. The van der Waals surface area contributed by atoms with Gasteiger partial charge in [0.05, 0.1) is 10.5 Å². The zero-order chi connectivity index (χ0) is 17.1. The van der Waals surface area contributed by atoms with Gasteiger partial charge in [-0.15, -0.1) is 12.4 Å². The molecule has 0 saturated carbocycles. The molecule has 134 valence electrons. The monoisotopic (exact) mass is 366 g/mol. The zero-order valence-electron chi connectivity index (χ0n) is 13.4. The fourth-order valence-corrected chi connectivity index (χ4v) is 2.99. The zero-order valence-corrected chi connectivity index (χ0v) is 14.2. The number of hydrogen-bond acceptors (Lipinski definition) is 5. The first kappa shape index (κ1) is 18.9. The Kier molecular flexibility index (Phi) is 6.11. The van der Waals surface area contributed by atoms with E-state index in [4.69, 9.17) is 0 Å². The topological polar surface area (TPSA) is 117 Å². The van der Waals surface area contributed by atoms with Crippen LogP contribution < -0.4 is 16.2 Å². The maximum Gasteiger partial charge on any atom is 0.270 e. The van der Waals surface area contributed by atoms with Crippen molar-refractivity contribution in [1.29, 1.82) is 0 Å². The van der Waals surface area contributed by atoms with Gasteiger partial charge in [-0.2, -0.15) is 0 Å². The summed E-state index contributed by atoms with van der Waals surface area (Å²) in [5, 5.41) is 17.4. The van der Waals surface area contributed by atoms with Crippen LogP contribution in [-0.4, -0.2) is 35.4 Å². The Morgan fingerprint density at radius 2 is 2.16 bits per heavy atom. The van der Waals surface area contributed by atoms with E-state index >= 15 is 0 Å². The van der Waals surface area contributed by atoms with Crippen molar-refractivity contribution >= 4 is 34.9 Å². The number of rotatable bonds is 5. The van der Waals surface area contributed by atoms with Crippen molar-refractivity contribution in [3.63, 3.8) is 0 Å². The summed E-state index contributed by atoms with van der Waals surface area (Å²) in [6.07, 6.45) is 1.95. The number of carbonyl (C=O) groups excluding carboxylic acids is 1. The van der Waals surface area contributed by atoms with Crippen LogP contribution in [0, 0.1) is 16.0 Å². The highest BCUT2D eigenvalue weighted by atomic mass is 35.5. The van der Waals surface area contributed by atoms with Crippen LogP contribution >= 0.6 is 12.4 Å². The Morgan fingerprint density at radius 1 is 1.36 bits per heavy atom. The maximum atomic E-state index is 12.4. The van der Waals surface area contributed by atoms with Crippen LogP contribution in [-0.2, 0) is 0 Å². The lowest BCUT2D eigenvalue weighted by Crippen LogP contribution is -2.27. The van der Waals surface area contributed by atoms with Gasteiger partial charge in [-0.25, -0.2) is 0 Å². The largest absolute Gasteiger partial charge is 0.352 e. The van der Waals surface area contributed by atoms with Crippen molar-refractivity contribution in [3.05, 3.63) is 50.3 Å². The van der Waals surface area contributed by atoms with Crippen LogP contribution in [0.5, 0.6) is 0 Å². The quantitative estimate of drug-likeness (QED) is 0.548. The number of nitro benzene ring substituents is 1. The molecule has 1 aliphatic heterocycles. The summed E-state index contributed by atoms with van der Waals surface area (Å²) in [6.45, 7) is 2.46. The van der Waals surface area contributed by atoms with E-state index in [1.54, 1.807) is 0 Å². The third-order valence-corrected chi connectivity index (χ3v) is 4.28. The third kappa shape index (κ3) is 4.34. The molecule has 3 N–H and O–H groups in total. The molecule has 2 aromatic rings. The molecule has 0 bridgehead atoms. The van der Waals surface area contributed by atoms with E-state index in [1.807, 2.05) is 0 Å². The van der Waals surface area contributed by atoms with Gasteiger partial charge in [0.2, 0.25) is 5.56 Å². The molecule has 1 aromatic carbocycles. The SMILES string of the molecule is Cl.O=C(NCCC1CCNC1)c1cc(=O)[nH]c2ccc([N+](=O)[O-])cc12. The molecule has 1 amide bonds. The summed E-state index contributed by atoms with van der Waals surface area (Å²) in [6, 6.07) is 5.22. The number of benzene rings is 1. The summed E-state index contributed by atoms with van der Waals surface area (Å²) < 4.78 is 0. The average molecular weight is 367 g/mol.